The second kappa shape index (κ2) is 7.42. The van der Waals surface area contributed by atoms with Crippen LogP contribution in [0.25, 0.3) is 11.0 Å². The molecule has 2 amide bonds. The maximum Gasteiger partial charge on any atom is 0.315 e. The third-order valence-corrected chi connectivity index (χ3v) is 4.15. The van der Waals surface area contributed by atoms with Crippen molar-refractivity contribution in [1.29, 1.82) is 0 Å². The van der Waals surface area contributed by atoms with E-state index in [0.717, 1.165) is 41.1 Å². The minimum Gasteiger partial charge on any atom is -0.459 e. The van der Waals surface area contributed by atoms with Crippen LogP contribution in [0.4, 0.5) is 4.79 Å². The van der Waals surface area contributed by atoms with Gasteiger partial charge in [0.2, 0.25) is 0 Å². The Bertz CT molecular complexity index is 832. The molecule has 0 saturated heterocycles. The number of benzene rings is 1. The summed E-state index contributed by atoms with van der Waals surface area (Å²) in [4.78, 5) is 12.0. The number of amides is 2. The zero-order valence-corrected chi connectivity index (χ0v) is 14.9. The number of rotatable bonds is 6. The van der Waals surface area contributed by atoms with Crippen molar-refractivity contribution in [2.75, 3.05) is 6.54 Å². The summed E-state index contributed by atoms with van der Waals surface area (Å²) in [5.74, 6) is 0.749. The van der Waals surface area contributed by atoms with E-state index in [2.05, 4.69) is 21.8 Å². The molecule has 0 bridgehead atoms. The van der Waals surface area contributed by atoms with Crippen molar-refractivity contribution in [3.63, 3.8) is 0 Å². The van der Waals surface area contributed by atoms with Crippen molar-refractivity contribution < 1.29 is 9.21 Å². The number of hydrogen-bond donors (Lipinski definition) is 2. The molecule has 1 unspecified atom stereocenters. The highest BCUT2D eigenvalue weighted by atomic mass is 16.3. The van der Waals surface area contributed by atoms with Gasteiger partial charge < -0.3 is 15.1 Å². The molecule has 0 aliphatic heterocycles. The first kappa shape index (κ1) is 17.1. The number of nitrogens with one attached hydrogen (secondary N) is 2. The number of furan rings is 1. The lowest BCUT2D eigenvalue weighted by Gasteiger charge is -2.12. The number of fused-ring (bicyclic) bond motifs is 1. The summed E-state index contributed by atoms with van der Waals surface area (Å²) in [5.41, 5.74) is 2.99. The third-order valence-electron chi connectivity index (χ3n) is 4.15. The number of para-hydroxylation sites is 1. The minimum atomic E-state index is -0.193. The Kier molecular flexibility index (Phi) is 5.07. The molecule has 132 valence electrons. The van der Waals surface area contributed by atoms with E-state index >= 15 is 0 Å². The summed E-state index contributed by atoms with van der Waals surface area (Å²) in [6.07, 6.45) is 0.828. The van der Waals surface area contributed by atoms with E-state index < -0.39 is 0 Å². The van der Waals surface area contributed by atoms with Crippen molar-refractivity contribution in [1.82, 2.24) is 20.4 Å². The van der Waals surface area contributed by atoms with Gasteiger partial charge in [0.1, 0.15) is 11.3 Å². The van der Waals surface area contributed by atoms with Gasteiger partial charge in [-0.3, -0.25) is 4.68 Å². The molecule has 0 fully saturated rings. The summed E-state index contributed by atoms with van der Waals surface area (Å²) in [6, 6.07) is 11.4. The second-order valence-electron chi connectivity index (χ2n) is 6.31. The monoisotopic (exact) mass is 340 g/mol. The number of urea groups is 1. The van der Waals surface area contributed by atoms with E-state index in [0.29, 0.717) is 6.54 Å². The van der Waals surface area contributed by atoms with Crippen LogP contribution in [0.2, 0.25) is 0 Å². The van der Waals surface area contributed by atoms with Gasteiger partial charge in [0.05, 0.1) is 11.7 Å². The predicted molar refractivity (Wildman–Crippen MR) is 97.5 cm³/mol. The van der Waals surface area contributed by atoms with Gasteiger partial charge in [-0.15, -0.1) is 0 Å². The van der Waals surface area contributed by atoms with Crippen LogP contribution in [0, 0.1) is 13.8 Å². The molecule has 1 atom stereocenters. The smallest absolute Gasteiger partial charge is 0.315 e. The Morgan fingerprint density at radius 2 is 2.08 bits per heavy atom. The van der Waals surface area contributed by atoms with Crippen LogP contribution < -0.4 is 10.6 Å². The second-order valence-corrected chi connectivity index (χ2v) is 6.31. The van der Waals surface area contributed by atoms with Gasteiger partial charge in [-0.1, -0.05) is 18.2 Å². The van der Waals surface area contributed by atoms with Crippen LogP contribution in [0.1, 0.15) is 36.5 Å². The number of hydrogen-bond acceptors (Lipinski definition) is 3. The van der Waals surface area contributed by atoms with Crippen molar-refractivity contribution >= 4 is 17.0 Å². The van der Waals surface area contributed by atoms with Crippen molar-refractivity contribution in [2.45, 2.75) is 39.8 Å². The number of carbonyl (C=O) groups excluding carboxylic acids is 1. The maximum absolute atomic E-state index is 12.0. The van der Waals surface area contributed by atoms with Crippen LogP contribution in [0.15, 0.2) is 40.8 Å². The molecule has 2 aromatic heterocycles. The first-order valence-corrected chi connectivity index (χ1v) is 8.57. The number of nitrogens with zero attached hydrogens (tertiary/aromatic N) is 2. The molecule has 1 aromatic carbocycles. The van der Waals surface area contributed by atoms with E-state index in [4.69, 9.17) is 4.42 Å². The molecule has 2 heterocycles. The summed E-state index contributed by atoms with van der Waals surface area (Å²) in [5, 5.41) is 11.2. The van der Waals surface area contributed by atoms with Gasteiger partial charge in [0.15, 0.2) is 0 Å². The summed E-state index contributed by atoms with van der Waals surface area (Å²) < 4.78 is 7.74. The number of carbonyl (C=O) groups is 1. The fraction of sp³-hybridized carbons (Fsp3) is 0.368. The zero-order chi connectivity index (χ0) is 17.8. The van der Waals surface area contributed by atoms with Gasteiger partial charge in [-0.2, -0.15) is 5.10 Å². The fourth-order valence-electron chi connectivity index (χ4n) is 2.87. The molecule has 6 heteroatoms. The lowest BCUT2D eigenvalue weighted by Crippen LogP contribution is -2.37. The van der Waals surface area contributed by atoms with Crippen molar-refractivity contribution in [3.8, 4) is 0 Å². The van der Waals surface area contributed by atoms with Gasteiger partial charge in [-0.05, 0) is 45.4 Å². The number of aryl methyl sites for hydroxylation is 3. The van der Waals surface area contributed by atoms with Crippen LogP contribution in [0.3, 0.4) is 0 Å². The highest BCUT2D eigenvalue weighted by molar-refractivity contribution is 5.78. The van der Waals surface area contributed by atoms with E-state index in [-0.39, 0.29) is 12.1 Å². The first-order valence-electron chi connectivity index (χ1n) is 8.57. The Balaban J connectivity index is 1.44. The molecule has 0 radical (unpaired) electrons. The van der Waals surface area contributed by atoms with Gasteiger partial charge in [0.25, 0.3) is 0 Å². The molecule has 3 rings (SSSR count). The van der Waals surface area contributed by atoms with Gasteiger partial charge >= 0.3 is 6.03 Å². The molecule has 0 spiro atoms. The van der Waals surface area contributed by atoms with Crippen LogP contribution in [0.5, 0.6) is 0 Å². The van der Waals surface area contributed by atoms with Crippen molar-refractivity contribution in [3.05, 3.63) is 53.5 Å². The Morgan fingerprint density at radius 3 is 2.80 bits per heavy atom. The quantitative estimate of drug-likeness (QED) is 0.672. The van der Waals surface area contributed by atoms with Gasteiger partial charge in [-0.25, -0.2) is 4.79 Å². The average molecular weight is 340 g/mol. The molecule has 25 heavy (non-hydrogen) atoms. The summed E-state index contributed by atoms with van der Waals surface area (Å²) in [7, 11) is 0. The largest absolute Gasteiger partial charge is 0.459 e. The average Bonchev–Trinajstić information content (AvgIpc) is 3.14. The zero-order valence-electron chi connectivity index (χ0n) is 14.9. The fourth-order valence-corrected chi connectivity index (χ4v) is 2.87. The van der Waals surface area contributed by atoms with E-state index in [9.17, 15) is 4.79 Å². The molecule has 6 nitrogen and oxygen atoms in total. The van der Waals surface area contributed by atoms with Crippen LogP contribution in [-0.4, -0.2) is 22.4 Å². The molecule has 3 aromatic rings. The van der Waals surface area contributed by atoms with Crippen molar-refractivity contribution in [2.24, 2.45) is 0 Å². The predicted octanol–water partition coefficient (Wildman–Crippen LogP) is 3.70. The highest BCUT2D eigenvalue weighted by Crippen LogP contribution is 2.23. The molecular weight excluding hydrogens is 316 g/mol. The van der Waals surface area contributed by atoms with E-state index in [1.807, 2.05) is 55.8 Å². The highest BCUT2D eigenvalue weighted by Gasteiger charge is 2.13. The Morgan fingerprint density at radius 1 is 1.28 bits per heavy atom. The maximum atomic E-state index is 12.0. The third kappa shape index (κ3) is 4.21. The van der Waals surface area contributed by atoms with E-state index in [1.165, 1.54) is 0 Å². The lowest BCUT2D eigenvalue weighted by atomic mass is 10.2. The summed E-state index contributed by atoms with van der Waals surface area (Å²) in [6.45, 7) is 7.31. The van der Waals surface area contributed by atoms with Crippen LogP contribution >= 0.6 is 0 Å². The minimum absolute atomic E-state index is 0.191. The molecule has 0 aliphatic rings. The molecule has 0 saturated carbocycles. The molecular formula is C19H24N4O2. The molecule has 2 N–H and O–H groups in total. The Labute approximate surface area is 147 Å². The standard InChI is InChI=1S/C19H24N4O2/c1-13-11-14(2)23(22-13)10-6-9-20-19(24)21-15(3)18-12-16-7-4-5-8-17(16)25-18/h4-5,7-8,11-12,15H,6,9-10H2,1-3H3,(H2,20,21,24). The van der Waals surface area contributed by atoms with Gasteiger partial charge in [0, 0.05) is 24.2 Å². The normalized spacial score (nSPS) is 12.3. The lowest BCUT2D eigenvalue weighted by molar-refractivity contribution is 0.236. The Hall–Kier alpha value is -2.76. The number of aromatic nitrogens is 2. The molecule has 0 aliphatic carbocycles. The van der Waals surface area contributed by atoms with E-state index in [1.54, 1.807) is 0 Å². The SMILES string of the molecule is Cc1cc(C)n(CCCNC(=O)NC(C)c2cc3ccccc3o2)n1. The van der Waals surface area contributed by atoms with Crippen LogP contribution in [-0.2, 0) is 6.54 Å². The topological polar surface area (TPSA) is 72.1 Å². The summed E-state index contributed by atoms with van der Waals surface area (Å²) >= 11 is 0. The first-order chi connectivity index (χ1) is 12.0.